The first kappa shape index (κ1) is 18.1. The number of anilines is 1. The monoisotopic (exact) mass is 384 g/mol. The Balaban J connectivity index is 1.87. The molecule has 2 aromatic rings. The molecule has 1 amide bonds. The molecule has 0 atom stereocenters. The Labute approximate surface area is 161 Å². The summed E-state index contributed by atoms with van der Waals surface area (Å²) >= 11 is 12.1. The number of para-hydroxylation sites is 1. The fourth-order valence-corrected chi connectivity index (χ4v) is 3.12. The van der Waals surface area contributed by atoms with Crippen LogP contribution in [0.25, 0.3) is 6.08 Å². The highest BCUT2D eigenvalue weighted by atomic mass is 35.5. The number of hydrogen-bond donors (Lipinski definition) is 1. The van der Waals surface area contributed by atoms with Crippen LogP contribution in [-0.4, -0.2) is 12.5 Å². The van der Waals surface area contributed by atoms with Gasteiger partial charge in [-0.25, -0.2) is 0 Å². The topological polar surface area (TPSA) is 62.1 Å². The molecule has 1 N–H and O–H groups in total. The van der Waals surface area contributed by atoms with Gasteiger partial charge in [0.2, 0.25) is 0 Å². The Morgan fingerprint density at radius 3 is 2.81 bits per heavy atom. The van der Waals surface area contributed by atoms with Crippen molar-refractivity contribution in [2.75, 3.05) is 11.9 Å². The number of rotatable bonds is 3. The summed E-state index contributed by atoms with van der Waals surface area (Å²) in [5.41, 5.74) is 2.94. The van der Waals surface area contributed by atoms with E-state index in [-0.39, 0.29) is 12.2 Å². The number of carbonyl (C=O) groups is 1. The first-order chi connectivity index (χ1) is 12.5. The molecule has 1 heterocycles. The Morgan fingerprint density at radius 1 is 1.31 bits per heavy atom. The van der Waals surface area contributed by atoms with E-state index in [2.05, 4.69) is 5.32 Å². The third kappa shape index (κ3) is 3.91. The number of nitriles is 1. The van der Waals surface area contributed by atoms with Crippen LogP contribution >= 0.6 is 23.2 Å². The van der Waals surface area contributed by atoms with Crippen molar-refractivity contribution in [2.24, 2.45) is 0 Å². The van der Waals surface area contributed by atoms with Crippen LogP contribution in [0.4, 0.5) is 5.69 Å². The molecule has 0 spiro atoms. The number of amides is 1. The van der Waals surface area contributed by atoms with Crippen molar-refractivity contribution in [1.29, 1.82) is 5.26 Å². The smallest absolute Gasteiger partial charge is 0.266 e. The maximum atomic E-state index is 12.4. The van der Waals surface area contributed by atoms with E-state index < -0.39 is 5.91 Å². The normalized spacial score (nSPS) is 13.2. The largest absolute Gasteiger partial charge is 0.487 e. The SMILES string of the molecule is Cc1ccccc1NC(=O)C(C#N)=CC1=Cc2cc(Cl)cc(Cl)c2OC1. The number of carbonyl (C=O) groups excluding carboxylic acids is 1. The second kappa shape index (κ2) is 7.65. The average molecular weight is 385 g/mol. The van der Waals surface area contributed by atoms with Gasteiger partial charge in [0.25, 0.3) is 5.91 Å². The molecule has 1 aliphatic rings. The Kier molecular flexibility index (Phi) is 5.32. The van der Waals surface area contributed by atoms with E-state index in [0.717, 1.165) is 5.56 Å². The van der Waals surface area contributed by atoms with Crippen LogP contribution < -0.4 is 10.1 Å². The van der Waals surface area contributed by atoms with Crippen molar-refractivity contribution < 1.29 is 9.53 Å². The highest BCUT2D eigenvalue weighted by Crippen LogP contribution is 2.36. The molecule has 0 radical (unpaired) electrons. The van der Waals surface area contributed by atoms with Crippen molar-refractivity contribution in [1.82, 2.24) is 0 Å². The Morgan fingerprint density at radius 2 is 2.08 bits per heavy atom. The van der Waals surface area contributed by atoms with E-state index in [4.69, 9.17) is 27.9 Å². The van der Waals surface area contributed by atoms with Gasteiger partial charge in [0.05, 0.1) is 5.02 Å². The van der Waals surface area contributed by atoms with Gasteiger partial charge in [-0.3, -0.25) is 4.79 Å². The average Bonchev–Trinajstić information content (AvgIpc) is 2.61. The minimum absolute atomic E-state index is 0.0142. The number of benzene rings is 2. The van der Waals surface area contributed by atoms with Crippen molar-refractivity contribution in [2.45, 2.75) is 6.92 Å². The predicted molar refractivity (Wildman–Crippen MR) is 103 cm³/mol. The molecule has 130 valence electrons. The van der Waals surface area contributed by atoms with E-state index in [1.54, 1.807) is 24.3 Å². The van der Waals surface area contributed by atoms with E-state index in [1.165, 1.54) is 6.08 Å². The molecule has 1 aliphatic heterocycles. The first-order valence-electron chi connectivity index (χ1n) is 7.79. The molecule has 3 rings (SSSR count). The maximum absolute atomic E-state index is 12.4. The summed E-state index contributed by atoms with van der Waals surface area (Å²) in [6, 6.07) is 12.6. The molecule has 2 aromatic carbocycles. The van der Waals surface area contributed by atoms with E-state index >= 15 is 0 Å². The van der Waals surface area contributed by atoms with E-state index in [9.17, 15) is 10.1 Å². The number of halogens is 2. The van der Waals surface area contributed by atoms with Gasteiger partial charge < -0.3 is 10.1 Å². The number of fused-ring (bicyclic) bond motifs is 1. The zero-order valence-corrected chi connectivity index (χ0v) is 15.4. The summed E-state index contributed by atoms with van der Waals surface area (Å²) < 4.78 is 5.64. The van der Waals surface area contributed by atoms with Gasteiger partial charge in [0.1, 0.15) is 24.0 Å². The van der Waals surface area contributed by atoms with Gasteiger partial charge in [-0.15, -0.1) is 0 Å². The molecule has 0 aromatic heterocycles. The van der Waals surface area contributed by atoms with Crippen molar-refractivity contribution >= 4 is 40.9 Å². The van der Waals surface area contributed by atoms with Crippen molar-refractivity contribution in [3.63, 3.8) is 0 Å². The summed E-state index contributed by atoms with van der Waals surface area (Å²) in [4.78, 5) is 12.4. The van der Waals surface area contributed by atoms with E-state index in [1.807, 2.05) is 31.2 Å². The minimum atomic E-state index is -0.474. The Bertz CT molecular complexity index is 988. The van der Waals surface area contributed by atoms with Crippen LogP contribution in [0.2, 0.25) is 10.0 Å². The van der Waals surface area contributed by atoms with Crippen molar-refractivity contribution in [3.05, 3.63) is 74.8 Å². The molecule has 0 bridgehead atoms. The van der Waals surface area contributed by atoms with Gasteiger partial charge in [-0.2, -0.15) is 5.26 Å². The first-order valence-corrected chi connectivity index (χ1v) is 8.54. The highest BCUT2D eigenvalue weighted by molar-refractivity contribution is 6.36. The number of nitrogens with one attached hydrogen (secondary N) is 1. The third-order valence-corrected chi connectivity index (χ3v) is 4.35. The van der Waals surface area contributed by atoms with Gasteiger partial charge in [0.15, 0.2) is 0 Å². The highest BCUT2D eigenvalue weighted by Gasteiger charge is 2.17. The zero-order chi connectivity index (χ0) is 18.7. The Hall–Kier alpha value is -2.74. The summed E-state index contributed by atoms with van der Waals surface area (Å²) in [5.74, 6) is 0.0636. The number of ether oxygens (including phenoxy) is 1. The molecule has 0 aliphatic carbocycles. The van der Waals surface area contributed by atoms with Gasteiger partial charge in [0, 0.05) is 16.3 Å². The molecule has 0 saturated carbocycles. The molecular formula is C20H14Cl2N2O2. The minimum Gasteiger partial charge on any atom is -0.487 e. The zero-order valence-electron chi connectivity index (χ0n) is 13.8. The van der Waals surface area contributed by atoms with Crippen LogP contribution in [0.15, 0.2) is 53.6 Å². The standard InChI is InChI=1S/C20H14Cl2N2O2/c1-12-4-2-3-5-18(12)24-20(25)15(10-23)7-13-6-14-8-16(21)9-17(22)19(14)26-11-13/h2-9H,11H2,1H3,(H,24,25). The van der Waals surface area contributed by atoms with Crippen LogP contribution in [0.5, 0.6) is 5.75 Å². The van der Waals surface area contributed by atoms with E-state index in [0.29, 0.717) is 32.6 Å². The molecule has 26 heavy (non-hydrogen) atoms. The number of aryl methyl sites for hydroxylation is 1. The summed E-state index contributed by atoms with van der Waals surface area (Å²) in [5, 5.41) is 13.0. The molecule has 0 saturated heterocycles. The lowest BCUT2D eigenvalue weighted by Crippen LogP contribution is -2.15. The summed E-state index contributed by atoms with van der Waals surface area (Å²) in [6.07, 6.45) is 3.31. The second-order valence-electron chi connectivity index (χ2n) is 5.75. The van der Waals surface area contributed by atoms with Gasteiger partial charge >= 0.3 is 0 Å². The fourth-order valence-electron chi connectivity index (χ4n) is 2.56. The lowest BCUT2D eigenvalue weighted by molar-refractivity contribution is -0.112. The summed E-state index contributed by atoms with van der Waals surface area (Å²) in [6.45, 7) is 2.09. The summed E-state index contributed by atoms with van der Waals surface area (Å²) in [7, 11) is 0. The lowest BCUT2D eigenvalue weighted by Gasteiger charge is -2.18. The van der Waals surface area contributed by atoms with Crippen LogP contribution in [0, 0.1) is 18.3 Å². The van der Waals surface area contributed by atoms with Gasteiger partial charge in [-0.05, 0) is 48.4 Å². The molecular weight excluding hydrogens is 371 g/mol. The van der Waals surface area contributed by atoms with Gasteiger partial charge in [-0.1, -0.05) is 41.4 Å². The molecule has 4 nitrogen and oxygen atoms in total. The fraction of sp³-hybridized carbons (Fsp3) is 0.100. The lowest BCUT2D eigenvalue weighted by atomic mass is 10.0. The van der Waals surface area contributed by atoms with Crippen LogP contribution in [-0.2, 0) is 4.79 Å². The molecule has 0 fully saturated rings. The third-order valence-electron chi connectivity index (χ3n) is 3.85. The maximum Gasteiger partial charge on any atom is 0.266 e. The number of nitrogens with zero attached hydrogens (tertiary/aromatic N) is 1. The molecule has 0 unspecified atom stereocenters. The van der Waals surface area contributed by atoms with Crippen LogP contribution in [0.3, 0.4) is 0 Å². The quantitative estimate of drug-likeness (QED) is 0.586. The predicted octanol–water partition coefficient (Wildman–Crippen LogP) is 5.17. The van der Waals surface area contributed by atoms with Crippen LogP contribution in [0.1, 0.15) is 11.1 Å². The van der Waals surface area contributed by atoms with Crippen molar-refractivity contribution in [3.8, 4) is 11.8 Å². The second-order valence-corrected chi connectivity index (χ2v) is 6.60. The number of hydrogen-bond acceptors (Lipinski definition) is 3. The molecule has 6 heteroatoms.